The summed E-state index contributed by atoms with van der Waals surface area (Å²) in [6, 6.07) is 6.00. The SMILES string of the molecule is CC(C)c1ccccn1.CC(C)c1cn[nH]n1.CC(C)c1ncn[nH]1.CC(C)c1ncno1.CC(C)c1ncns1.CC(C)c1nnco1.CC(C)c1nncs1. The molecular formula is C38H61N15O2S2. The third-order valence-corrected chi connectivity index (χ3v) is 8.73. The van der Waals surface area contributed by atoms with E-state index in [1.54, 1.807) is 29.4 Å². The molecule has 0 atom stereocenters. The van der Waals surface area contributed by atoms with Crippen molar-refractivity contribution < 1.29 is 8.94 Å². The Labute approximate surface area is 345 Å². The Balaban J connectivity index is 0.000000333. The Hall–Kier alpha value is -5.17. The van der Waals surface area contributed by atoms with E-state index >= 15 is 0 Å². The molecule has 0 bridgehead atoms. The van der Waals surface area contributed by atoms with Crippen LogP contribution < -0.4 is 0 Å². The van der Waals surface area contributed by atoms with Gasteiger partial charge in [0.1, 0.15) is 34.0 Å². The molecule has 17 nitrogen and oxygen atoms in total. The topological polar surface area (TPSA) is 225 Å². The molecule has 0 spiro atoms. The number of nitrogens with zero attached hydrogens (tertiary/aromatic N) is 13. The van der Waals surface area contributed by atoms with Crippen LogP contribution >= 0.6 is 22.9 Å². The lowest BCUT2D eigenvalue weighted by Crippen LogP contribution is -1.88. The molecule has 0 fully saturated rings. The van der Waals surface area contributed by atoms with Crippen molar-refractivity contribution in [3.05, 3.63) is 100 Å². The number of hydrogen-bond donors (Lipinski definition) is 2. The molecule has 2 N–H and O–H groups in total. The van der Waals surface area contributed by atoms with Crippen LogP contribution in [0.4, 0.5) is 0 Å². The van der Waals surface area contributed by atoms with Gasteiger partial charge in [0.15, 0.2) is 6.33 Å². The Morgan fingerprint density at radius 3 is 1.56 bits per heavy atom. The highest BCUT2D eigenvalue weighted by atomic mass is 32.1. The number of rotatable bonds is 7. The van der Waals surface area contributed by atoms with E-state index in [0.29, 0.717) is 53.2 Å². The largest absolute Gasteiger partial charge is 0.428 e. The average molecular weight is 824 g/mol. The molecule has 7 aromatic heterocycles. The summed E-state index contributed by atoms with van der Waals surface area (Å²) < 4.78 is 13.5. The van der Waals surface area contributed by atoms with Crippen LogP contribution in [0.25, 0.3) is 0 Å². The second kappa shape index (κ2) is 29.1. The second-order valence-corrected chi connectivity index (χ2v) is 15.9. The fraction of sp³-hybridized carbons (Fsp3) is 0.553. The van der Waals surface area contributed by atoms with E-state index in [-0.39, 0.29) is 0 Å². The Bertz CT molecular complexity index is 1510. The predicted octanol–water partition coefficient (Wildman–Crippen LogP) is 9.77. The number of nitrogens with one attached hydrogen (secondary N) is 2. The van der Waals surface area contributed by atoms with Gasteiger partial charge in [0.25, 0.3) is 0 Å². The first-order valence-electron chi connectivity index (χ1n) is 18.8. The predicted molar refractivity (Wildman–Crippen MR) is 224 cm³/mol. The van der Waals surface area contributed by atoms with Crippen LogP contribution in [0.1, 0.15) is 177 Å². The molecule has 0 amide bonds. The number of hydrogen-bond acceptors (Lipinski definition) is 17. The van der Waals surface area contributed by atoms with Crippen LogP contribution in [0.2, 0.25) is 0 Å². The van der Waals surface area contributed by atoms with Gasteiger partial charge in [-0.3, -0.25) is 10.1 Å². The molecule has 0 saturated heterocycles. The Morgan fingerprint density at radius 1 is 0.596 bits per heavy atom. The van der Waals surface area contributed by atoms with Crippen LogP contribution in [0, 0.1) is 0 Å². The Kier molecular flexibility index (Phi) is 25.5. The Morgan fingerprint density at radius 2 is 1.30 bits per heavy atom. The van der Waals surface area contributed by atoms with Gasteiger partial charge in [-0.05, 0) is 35.5 Å². The molecule has 0 aliphatic heterocycles. The highest BCUT2D eigenvalue weighted by molar-refractivity contribution is 7.09. The van der Waals surface area contributed by atoms with Gasteiger partial charge >= 0.3 is 0 Å². The van der Waals surface area contributed by atoms with Crippen molar-refractivity contribution in [1.29, 1.82) is 0 Å². The maximum absolute atomic E-state index is 4.87. The summed E-state index contributed by atoms with van der Waals surface area (Å²) in [6.45, 7) is 29.1. The highest BCUT2D eigenvalue weighted by Crippen LogP contribution is 2.14. The molecule has 312 valence electrons. The molecule has 0 aliphatic carbocycles. The molecule has 0 aromatic carbocycles. The average Bonchev–Trinajstić information content (AvgIpc) is 4.06. The number of H-pyrrole nitrogens is 2. The van der Waals surface area contributed by atoms with E-state index in [2.05, 4.69) is 145 Å². The summed E-state index contributed by atoms with van der Waals surface area (Å²) in [7, 11) is 0. The van der Waals surface area contributed by atoms with Crippen LogP contribution in [-0.2, 0) is 0 Å². The van der Waals surface area contributed by atoms with Crippen molar-refractivity contribution in [1.82, 2.24) is 75.5 Å². The van der Waals surface area contributed by atoms with Crippen LogP contribution in [0.3, 0.4) is 0 Å². The molecule has 7 heterocycles. The van der Waals surface area contributed by atoms with Gasteiger partial charge in [-0.25, -0.2) is 9.97 Å². The maximum atomic E-state index is 4.87. The monoisotopic (exact) mass is 823 g/mol. The molecule has 19 heteroatoms. The van der Waals surface area contributed by atoms with Gasteiger partial charge < -0.3 is 8.94 Å². The third kappa shape index (κ3) is 22.8. The van der Waals surface area contributed by atoms with Gasteiger partial charge in [-0.2, -0.15) is 29.9 Å². The lowest BCUT2D eigenvalue weighted by atomic mass is 10.1. The fourth-order valence-corrected chi connectivity index (χ4v) is 4.51. The number of aromatic nitrogens is 15. The first kappa shape index (κ1) is 49.8. The summed E-state index contributed by atoms with van der Waals surface area (Å²) in [5.74, 6) is 5.58. The number of aromatic amines is 2. The van der Waals surface area contributed by atoms with Crippen LogP contribution in [0.5, 0.6) is 0 Å². The molecule has 7 rings (SSSR count). The molecular weight excluding hydrogens is 763 g/mol. The summed E-state index contributed by atoms with van der Waals surface area (Å²) >= 11 is 3.08. The van der Waals surface area contributed by atoms with Gasteiger partial charge in [-0.1, -0.05) is 108 Å². The van der Waals surface area contributed by atoms with E-state index in [1.807, 2.05) is 52.1 Å². The number of pyridine rings is 1. The zero-order valence-electron chi connectivity index (χ0n) is 35.8. The first-order chi connectivity index (χ1) is 27.1. The van der Waals surface area contributed by atoms with E-state index in [4.69, 9.17) is 8.94 Å². The van der Waals surface area contributed by atoms with Crippen LogP contribution in [0.15, 0.2) is 70.4 Å². The second-order valence-electron chi connectivity index (χ2n) is 14.2. The minimum atomic E-state index is 0.345. The summed E-state index contributed by atoms with van der Waals surface area (Å²) in [6.07, 6.45) is 9.44. The van der Waals surface area contributed by atoms with Crippen molar-refractivity contribution >= 4 is 22.9 Å². The van der Waals surface area contributed by atoms with Crippen molar-refractivity contribution in [3.8, 4) is 0 Å². The highest BCUT2D eigenvalue weighted by Gasteiger charge is 2.03. The molecule has 0 unspecified atom stereocenters. The van der Waals surface area contributed by atoms with Gasteiger partial charge in [-0.15, -0.1) is 31.7 Å². The lowest BCUT2D eigenvalue weighted by Gasteiger charge is -2.00. The van der Waals surface area contributed by atoms with Crippen molar-refractivity contribution in [3.63, 3.8) is 0 Å². The van der Waals surface area contributed by atoms with E-state index in [0.717, 1.165) is 27.2 Å². The minimum Gasteiger partial charge on any atom is -0.428 e. The lowest BCUT2D eigenvalue weighted by molar-refractivity contribution is 0.364. The van der Waals surface area contributed by atoms with Gasteiger partial charge in [0, 0.05) is 41.5 Å². The molecule has 0 aliphatic rings. The summed E-state index contributed by atoms with van der Waals surface area (Å²) in [5.41, 5.74) is 3.94. The van der Waals surface area contributed by atoms with Crippen molar-refractivity contribution in [2.45, 2.75) is 138 Å². The molecule has 57 heavy (non-hydrogen) atoms. The molecule has 0 saturated carbocycles. The smallest absolute Gasteiger partial charge is 0.228 e. The van der Waals surface area contributed by atoms with Crippen molar-refractivity contribution in [2.24, 2.45) is 0 Å². The molecule has 0 radical (unpaired) electrons. The van der Waals surface area contributed by atoms with Crippen LogP contribution in [-0.4, -0.2) is 75.5 Å². The van der Waals surface area contributed by atoms with Gasteiger partial charge in [0.05, 0.1) is 11.9 Å². The minimum absolute atomic E-state index is 0.345. The van der Waals surface area contributed by atoms with E-state index < -0.39 is 0 Å². The zero-order valence-corrected chi connectivity index (χ0v) is 37.4. The van der Waals surface area contributed by atoms with E-state index in [1.165, 1.54) is 30.6 Å². The normalized spacial score (nSPS) is 10.3. The van der Waals surface area contributed by atoms with Crippen molar-refractivity contribution in [2.75, 3.05) is 0 Å². The first-order valence-corrected chi connectivity index (χ1v) is 20.5. The standard InChI is InChI=1S/C8H11N.2C5H9N3.2C5H8N2O.2C5H8N2S/c1-7(2)8-5-3-4-6-9-8;1-4(2)5-6-3-7-8-5;1-4(2)5-3-6-8-7-5;1-4(2)5-7-6-3-8-5;1-4(2)5-6-3-7-8-5;1-4(2)5-7-6-3-8-5;1-4(2)5-6-3-7-8-5/h3-7H,1-2H3;2*3-4H,1-2H3,(H,6,7,8);4*3-4H,1-2H3. The van der Waals surface area contributed by atoms with Gasteiger partial charge in [0.2, 0.25) is 18.2 Å². The quantitative estimate of drug-likeness (QED) is 0.152. The fourth-order valence-electron chi connectivity index (χ4n) is 3.44. The molecule has 7 aromatic rings. The zero-order chi connectivity index (χ0) is 42.6. The summed E-state index contributed by atoms with van der Waals surface area (Å²) in [5, 5.41) is 37.1. The van der Waals surface area contributed by atoms with E-state index in [9.17, 15) is 0 Å². The summed E-state index contributed by atoms with van der Waals surface area (Å²) in [4.78, 5) is 16.0. The third-order valence-electron chi connectivity index (χ3n) is 6.77. The maximum Gasteiger partial charge on any atom is 0.228 e.